The Bertz CT molecular complexity index is 198. The van der Waals surface area contributed by atoms with Crippen LogP contribution in [0.2, 0.25) is 0 Å². The smallest absolute Gasteiger partial charge is 0.169 e. The first-order valence-corrected chi connectivity index (χ1v) is 4.03. The van der Waals surface area contributed by atoms with Crippen LogP contribution >= 0.6 is 12.6 Å². The maximum absolute atomic E-state index is 4.14. The summed E-state index contributed by atoms with van der Waals surface area (Å²) in [7, 11) is 0. The molecule has 0 radical (unpaired) electrons. The van der Waals surface area contributed by atoms with Gasteiger partial charge in [-0.25, -0.2) is 4.57 Å². The van der Waals surface area contributed by atoms with Gasteiger partial charge in [0.2, 0.25) is 0 Å². The van der Waals surface area contributed by atoms with E-state index >= 15 is 0 Å². The van der Waals surface area contributed by atoms with Crippen molar-refractivity contribution >= 4 is 12.6 Å². The molecule has 0 fully saturated rings. The van der Waals surface area contributed by atoms with Crippen molar-refractivity contribution in [1.82, 2.24) is 0 Å². The molecule has 0 spiro atoms. The van der Waals surface area contributed by atoms with Gasteiger partial charge in [-0.3, -0.25) is 0 Å². The summed E-state index contributed by atoms with van der Waals surface area (Å²) in [5.74, 6) is 0.897. The predicted octanol–water partition coefficient (Wildman–Crippen LogP) is -1.78. The molecule has 1 aromatic rings. The SMILES string of the molecule is Cc1cc[n+](CCS)cc1.[Br-]. The summed E-state index contributed by atoms with van der Waals surface area (Å²) in [6.45, 7) is 3.08. The average molecular weight is 234 g/mol. The van der Waals surface area contributed by atoms with Crippen LogP contribution in [0.25, 0.3) is 0 Å². The van der Waals surface area contributed by atoms with E-state index in [1.54, 1.807) is 0 Å². The summed E-state index contributed by atoms with van der Waals surface area (Å²) in [4.78, 5) is 0. The molecule has 0 aliphatic rings. The van der Waals surface area contributed by atoms with Gasteiger partial charge < -0.3 is 17.0 Å². The van der Waals surface area contributed by atoms with E-state index in [1.165, 1.54) is 5.56 Å². The van der Waals surface area contributed by atoms with Crippen LogP contribution in [0.3, 0.4) is 0 Å². The van der Waals surface area contributed by atoms with Crippen LogP contribution in [0.15, 0.2) is 24.5 Å². The van der Waals surface area contributed by atoms with Crippen LogP contribution in [0.1, 0.15) is 5.56 Å². The number of aryl methyl sites for hydroxylation is 2. The average Bonchev–Trinajstić information content (AvgIpc) is 1.95. The quantitative estimate of drug-likeness (QED) is 0.455. The maximum atomic E-state index is 4.14. The lowest BCUT2D eigenvalue weighted by atomic mass is 10.3. The standard InChI is InChI=1S/C8H11NS.BrH/c1-8-2-4-9(5-3-8)6-7-10;/h2-5H,6-7H2,1H3;1H. The van der Waals surface area contributed by atoms with Gasteiger partial charge in [0, 0.05) is 17.9 Å². The summed E-state index contributed by atoms with van der Waals surface area (Å²) in [6, 6.07) is 4.20. The van der Waals surface area contributed by atoms with Crippen LogP contribution in [-0.2, 0) is 6.54 Å². The molecule has 0 atom stereocenters. The van der Waals surface area contributed by atoms with Gasteiger partial charge in [-0.1, -0.05) is 0 Å². The minimum atomic E-state index is 0. The fourth-order valence-corrected chi connectivity index (χ4v) is 1.03. The van der Waals surface area contributed by atoms with E-state index in [4.69, 9.17) is 0 Å². The molecule has 0 N–H and O–H groups in total. The molecule has 0 aliphatic heterocycles. The minimum absolute atomic E-state index is 0. The van der Waals surface area contributed by atoms with E-state index in [9.17, 15) is 0 Å². The number of thiol groups is 1. The van der Waals surface area contributed by atoms with Crippen molar-refractivity contribution in [1.29, 1.82) is 0 Å². The monoisotopic (exact) mass is 233 g/mol. The third-order valence-electron chi connectivity index (χ3n) is 1.42. The van der Waals surface area contributed by atoms with E-state index in [-0.39, 0.29) is 17.0 Å². The highest BCUT2D eigenvalue weighted by Crippen LogP contribution is 1.89. The molecule has 1 aromatic heterocycles. The van der Waals surface area contributed by atoms with Gasteiger partial charge in [0.05, 0.1) is 0 Å². The van der Waals surface area contributed by atoms with Gasteiger partial charge in [0.25, 0.3) is 0 Å². The van der Waals surface area contributed by atoms with Gasteiger partial charge >= 0.3 is 0 Å². The molecule has 0 amide bonds. The number of hydrogen-bond acceptors (Lipinski definition) is 1. The van der Waals surface area contributed by atoms with Crippen molar-refractivity contribution in [3.8, 4) is 0 Å². The Morgan fingerprint density at radius 1 is 1.36 bits per heavy atom. The lowest BCUT2D eigenvalue weighted by molar-refractivity contribution is -0.692. The molecular formula is C8H12BrNS. The Hall–Kier alpha value is -0.0200. The number of halogens is 1. The Morgan fingerprint density at radius 2 is 1.91 bits per heavy atom. The molecule has 0 bridgehead atoms. The second kappa shape index (κ2) is 5.61. The lowest BCUT2D eigenvalue weighted by Gasteiger charge is -1.92. The lowest BCUT2D eigenvalue weighted by Crippen LogP contribution is -3.00. The summed E-state index contributed by atoms with van der Waals surface area (Å²) in [5.41, 5.74) is 1.30. The second-order valence-electron chi connectivity index (χ2n) is 2.34. The van der Waals surface area contributed by atoms with Crippen LogP contribution in [0.5, 0.6) is 0 Å². The van der Waals surface area contributed by atoms with Crippen LogP contribution < -0.4 is 21.5 Å². The fraction of sp³-hybridized carbons (Fsp3) is 0.375. The Balaban J connectivity index is 0.000001000. The number of nitrogens with zero attached hydrogens (tertiary/aromatic N) is 1. The predicted molar refractivity (Wildman–Crippen MR) is 45.2 cm³/mol. The van der Waals surface area contributed by atoms with Crippen LogP contribution in [0.4, 0.5) is 0 Å². The molecule has 1 heterocycles. The molecular weight excluding hydrogens is 222 g/mol. The minimum Gasteiger partial charge on any atom is -1.00 e. The maximum Gasteiger partial charge on any atom is 0.169 e. The highest BCUT2D eigenvalue weighted by molar-refractivity contribution is 7.80. The van der Waals surface area contributed by atoms with E-state index < -0.39 is 0 Å². The van der Waals surface area contributed by atoms with Crippen molar-refractivity contribution in [2.45, 2.75) is 13.5 Å². The van der Waals surface area contributed by atoms with Crippen molar-refractivity contribution in [2.24, 2.45) is 0 Å². The Kier molecular flexibility index (Phi) is 5.60. The van der Waals surface area contributed by atoms with Gasteiger partial charge in [-0.2, -0.15) is 12.6 Å². The van der Waals surface area contributed by atoms with Crippen molar-refractivity contribution < 1.29 is 21.5 Å². The first-order valence-electron chi connectivity index (χ1n) is 3.39. The highest BCUT2D eigenvalue weighted by atomic mass is 79.9. The first-order chi connectivity index (χ1) is 4.83. The van der Waals surface area contributed by atoms with Crippen LogP contribution in [0, 0.1) is 6.92 Å². The molecule has 62 valence electrons. The largest absolute Gasteiger partial charge is 1.00 e. The third-order valence-corrected chi connectivity index (χ3v) is 1.62. The Labute approximate surface area is 83.6 Å². The highest BCUT2D eigenvalue weighted by Gasteiger charge is 1.94. The van der Waals surface area contributed by atoms with Crippen molar-refractivity contribution in [3.63, 3.8) is 0 Å². The normalized spacial score (nSPS) is 8.91. The van der Waals surface area contributed by atoms with Gasteiger partial charge in [-0.05, 0) is 12.5 Å². The molecule has 0 saturated carbocycles. The number of pyridine rings is 1. The number of rotatable bonds is 2. The van der Waals surface area contributed by atoms with Crippen molar-refractivity contribution in [2.75, 3.05) is 5.75 Å². The van der Waals surface area contributed by atoms with Crippen molar-refractivity contribution in [3.05, 3.63) is 30.1 Å². The zero-order valence-electron chi connectivity index (χ0n) is 6.50. The van der Waals surface area contributed by atoms with E-state index in [2.05, 4.69) is 48.6 Å². The molecule has 0 saturated heterocycles. The first kappa shape index (κ1) is 11.0. The zero-order chi connectivity index (χ0) is 7.40. The Morgan fingerprint density at radius 3 is 2.36 bits per heavy atom. The van der Waals surface area contributed by atoms with Crippen LogP contribution in [-0.4, -0.2) is 5.75 Å². The number of aromatic nitrogens is 1. The van der Waals surface area contributed by atoms with Gasteiger partial charge in [-0.15, -0.1) is 0 Å². The van der Waals surface area contributed by atoms with E-state index in [0.29, 0.717) is 0 Å². The molecule has 1 rings (SSSR count). The molecule has 0 aromatic carbocycles. The molecule has 3 heteroatoms. The summed E-state index contributed by atoms with van der Waals surface area (Å²) in [5, 5.41) is 0. The van der Waals surface area contributed by atoms with Gasteiger partial charge in [0.1, 0.15) is 0 Å². The molecule has 1 nitrogen and oxygen atoms in total. The van der Waals surface area contributed by atoms with E-state index in [0.717, 1.165) is 12.3 Å². The topological polar surface area (TPSA) is 3.88 Å². The fourth-order valence-electron chi connectivity index (χ4n) is 0.796. The zero-order valence-corrected chi connectivity index (χ0v) is 8.98. The third kappa shape index (κ3) is 3.77. The molecule has 11 heavy (non-hydrogen) atoms. The summed E-state index contributed by atoms with van der Waals surface area (Å²) in [6.07, 6.45) is 4.15. The van der Waals surface area contributed by atoms with Gasteiger partial charge in [0.15, 0.2) is 18.9 Å². The molecule has 0 unspecified atom stereocenters. The molecule has 0 aliphatic carbocycles. The second-order valence-corrected chi connectivity index (χ2v) is 2.78. The summed E-state index contributed by atoms with van der Waals surface area (Å²) >= 11 is 4.14. The number of hydrogen-bond donors (Lipinski definition) is 1. The van der Waals surface area contributed by atoms with E-state index in [1.807, 2.05) is 0 Å². The summed E-state index contributed by atoms with van der Waals surface area (Å²) < 4.78 is 2.12.